The van der Waals surface area contributed by atoms with Gasteiger partial charge in [0.05, 0.1) is 38.4 Å². The first kappa shape index (κ1) is 26.6. The highest BCUT2D eigenvalue weighted by atomic mass is 35.5. The van der Waals surface area contributed by atoms with Gasteiger partial charge in [0.2, 0.25) is 0 Å². The van der Waals surface area contributed by atoms with Crippen molar-refractivity contribution in [1.82, 2.24) is 4.90 Å². The molecule has 4 aromatic rings. The molecule has 2 aliphatic heterocycles. The van der Waals surface area contributed by atoms with Gasteiger partial charge in [0, 0.05) is 47.5 Å². The Bertz CT molecular complexity index is 1640. The molecule has 0 radical (unpaired) electrons. The van der Waals surface area contributed by atoms with Gasteiger partial charge in [-0.15, -0.1) is 0 Å². The molecule has 1 atom stereocenters. The molecule has 1 saturated heterocycles. The van der Waals surface area contributed by atoms with Crippen LogP contribution >= 0.6 is 23.2 Å². The highest BCUT2D eigenvalue weighted by molar-refractivity contribution is 7.85. The van der Waals surface area contributed by atoms with Crippen molar-refractivity contribution in [3.05, 3.63) is 118 Å². The Hall–Kier alpha value is -3.65. The maximum Gasteiger partial charge on any atom is 0.259 e. The van der Waals surface area contributed by atoms with Crippen molar-refractivity contribution in [2.75, 3.05) is 36.0 Å². The van der Waals surface area contributed by atoms with Crippen LogP contribution in [0.4, 0.5) is 11.4 Å². The summed E-state index contributed by atoms with van der Waals surface area (Å²) in [5.41, 5.74) is 3.20. The van der Waals surface area contributed by atoms with Crippen molar-refractivity contribution < 1.29 is 13.8 Å². The Morgan fingerprint density at radius 2 is 1.52 bits per heavy atom. The van der Waals surface area contributed by atoms with Crippen LogP contribution in [-0.2, 0) is 17.3 Å². The van der Waals surface area contributed by atoms with E-state index in [2.05, 4.69) is 4.90 Å². The van der Waals surface area contributed by atoms with E-state index in [-0.39, 0.29) is 18.4 Å². The lowest BCUT2D eigenvalue weighted by molar-refractivity contribution is 0.0746. The monoisotopic (exact) mass is 589 g/mol. The molecule has 6 nitrogen and oxygen atoms in total. The second-order valence-electron chi connectivity index (χ2n) is 9.72. The van der Waals surface area contributed by atoms with Gasteiger partial charge in [0.25, 0.3) is 11.8 Å². The zero-order valence-corrected chi connectivity index (χ0v) is 23.8. The zero-order chi connectivity index (χ0) is 27.8. The van der Waals surface area contributed by atoms with Crippen LogP contribution in [0.2, 0.25) is 10.0 Å². The van der Waals surface area contributed by atoms with Crippen molar-refractivity contribution in [1.29, 1.82) is 0 Å². The number of benzene rings is 4. The lowest BCUT2D eigenvalue weighted by Gasteiger charge is -2.36. The van der Waals surface area contributed by atoms with Gasteiger partial charge in [0.1, 0.15) is 0 Å². The van der Waals surface area contributed by atoms with Gasteiger partial charge >= 0.3 is 0 Å². The second kappa shape index (κ2) is 11.1. The SMILES string of the molecule is O=C(c1ccc2c(c1)N(Cc1ccc(Cl)cc1)C(=O)c1ccccc1S2=O)N1CCN(c2cccc(Cl)c2)CC1. The number of carbonyl (C=O) groups is 2. The summed E-state index contributed by atoms with van der Waals surface area (Å²) in [7, 11) is -1.59. The third kappa shape index (κ3) is 5.12. The molecule has 40 heavy (non-hydrogen) atoms. The fourth-order valence-corrected chi connectivity index (χ4v) is 6.80. The van der Waals surface area contributed by atoms with Crippen LogP contribution < -0.4 is 9.80 Å². The summed E-state index contributed by atoms with van der Waals surface area (Å²) in [6.07, 6.45) is 0. The molecule has 2 aliphatic rings. The van der Waals surface area contributed by atoms with E-state index in [4.69, 9.17) is 23.2 Å². The molecule has 0 bridgehead atoms. The smallest absolute Gasteiger partial charge is 0.259 e. The van der Waals surface area contributed by atoms with E-state index in [0.29, 0.717) is 62.8 Å². The minimum atomic E-state index is -1.59. The highest BCUT2D eigenvalue weighted by Gasteiger charge is 2.32. The van der Waals surface area contributed by atoms with E-state index in [1.54, 1.807) is 59.5 Å². The lowest BCUT2D eigenvalue weighted by atomic mass is 10.1. The third-order valence-electron chi connectivity index (χ3n) is 7.25. The Balaban J connectivity index is 1.31. The van der Waals surface area contributed by atoms with Gasteiger partial charge in [-0.3, -0.25) is 9.59 Å². The quantitative estimate of drug-likeness (QED) is 0.281. The standard InChI is InChI=1S/C31H25Cl2N3O3S/c32-23-11-8-21(9-12-23)20-36-27-18-22(10-13-29(27)40(39)28-7-2-1-6-26(28)31(36)38)30(37)35-16-14-34(15-17-35)25-5-3-4-24(33)19-25/h1-13,18-19H,14-17,20H2. The molecule has 4 aromatic carbocycles. The number of piperazine rings is 1. The number of nitrogens with zero attached hydrogens (tertiary/aromatic N) is 3. The largest absolute Gasteiger partial charge is 0.368 e. The van der Waals surface area contributed by atoms with Crippen molar-refractivity contribution in [3.63, 3.8) is 0 Å². The summed E-state index contributed by atoms with van der Waals surface area (Å²) in [6.45, 7) is 2.69. The average Bonchev–Trinajstić information content (AvgIpc) is 3.07. The second-order valence-corrected chi connectivity index (χ2v) is 12.0. The Kier molecular flexibility index (Phi) is 7.36. The van der Waals surface area contributed by atoms with Crippen molar-refractivity contribution in [3.8, 4) is 0 Å². The first-order chi connectivity index (χ1) is 19.4. The number of rotatable bonds is 4. The number of carbonyl (C=O) groups excluding carboxylic acids is 2. The van der Waals surface area contributed by atoms with E-state index >= 15 is 0 Å². The molecule has 6 rings (SSSR count). The predicted octanol–water partition coefficient (Wildman–Crippen LogP) is 6.28. The molecular formula is C31H25Cl2N3O3S. The van der Waals surface area contributed by atoms with E-state index in [1.807, 2.05) is 41.3 Å². The molecule has 2 heterocycles. The van der Waals surface area contributed by atoms with E-state index in [0.717, 1.165) is 11.3 Å². The van der Waals surface area contributed by atoms with Crippen LogP contribution in [0, 0.1) is 0 Å². The molecule has 1 unspecified atom stereocenters. The number of amides is 2. The van der Waals surface area contributed by atoms with Crippen LogP contribution in [0.1, 0.15) is 26.3 Å². The first-order valence-electron chi connectivity index (χ1n) is 12.9. The number of halogens is 2. The third-order valence-corrected chi connectivity index (χ3v) is 9.24. The molecule has 0 N–H and O–H groups in total. The van der Waals surface area contributed by atoms with Crippen LogP contribution in [-0.4, -0.2) is 47.1 Å². The lowest BCUT2D eigenvalue weighted by Crippen LogP contribution is -2.48. The molecular weight excluding hydrogens is 565 g/mol. The van der Waals surface area contributed by atoms with Gasteiger partial charge < -0.3 is 14.7 Å². The van der Waals surface area contributed by atoms with Crippen LogP contribution in [0.5, 0.6) is 0 Å². The normalized spacial score (nSPS) is 16.8. The summed E-state index contributed by atoms with van der Waals surface area (Å²) >= 11 is 12.3. The minimum Gasteiger partial charge on any atom is -0.368 e. The summed E-state index contributed by atoms with van der Waals surface area (Å²) in [6, 6.07) is 27.1. The van der Waals surface area contributed by atoms with Gasteiger partial charge in [-0.05, 0) is 66.2 Å². The summed E-state index contributed by atoms with van der Waals surface area (Å²) < 4.78 is 13.7. The fraction of sp³-hybridized carbons (Fsp3) is 0.161. The van der Waals surface area contributed by atoms with E-state index < -0.39 is 10.8 Å². The Morgan fingerprint density at radius 3 is 2.27 bits per heavy atom. The van der Waals surface area contributed by atoms with Crippen molar-refractivity contribution in [2.45, 2.75) is 16.3 Å². The number of fused-ring (bicyclic) bond motifs is 2. The van der Waals surface area contributed by atoms with E-state index in [1.165, 1.54) is 0 Å². The summed E-state index contributed by atoms with van der Waals surface area (Å²) in [4.78, 5) is 34.1. The highest BCUT2D eigenvalue weighted by Crippen LogP contribution is 2.36. The van der Waals surface area contributed by atoms with Gasteiger partial charge in [-0.2, -0.15) is 0 Å². The molecule has 2 amide bonds. The minimum absolute atomic E-state index is 0.125. The topological polar surface area (TPSA) is 60.9 Å². The maximum absolute atomic E-state index is 13.8. The number of hydrogen-bond acceptors (Lipinski definition) is 4. The van der Waals surface area contributed by atoms with Crippen molar-refractivity contribution >= 4 is 57.2 Å². The number of hydrogen-bond donors (Lipinski definition) is 0. The molecule has 0 spiro atoms. The fourth-order valence-electron chi connectivity index (χ4n) is 5.15. The maximum atomic E-state index is 13.8. The molecule has 0 aromatic heterocycles. The molecule has 1 fully saturated rings. The van der Waals surface area contributed by atoms with Crippen molar-refractivity contribution in [2.24, 2.45) is 0 Å². The van der Waals surface area contributed by atoms with E-state index in [9.17, 15) is 13.8 Å². The zero-order valence-electron chi connectivity index (χ0n) is 21.4. The van der Waals surface area contributed by atoms with Crippen LogP contribution in [0.3, 0.4) is 0 Å². The molecule has 0 aliphatic carbocycles. The van der Waals surface area contributed by atoms with Crippen LogP contribution in [0.15, 0.2) is 101 Å². The van der Waals surface area contributed by atoms with Crippen LogP contribution in [0.25, 0.3) is 0 Å². The number of anilines is 2. The van der Waals surface area contributed by atoms with Gasteiger partial charge in [-0.1, -0.05) is 53.5 Å². The molecule has 202 valence electrons. The Morgan fingerprint density at radius 1 is 0.775 bits per heavy atom. The summed E-state index contributed by atoms with van der Waals surface area (Å²) in [5.74, 6) is -0.391. The molecule has 9 heteroatoms. The average molecular weight is 591 g/mol. The molecule has 0 saturated carbocycles. The van der Waals surface area contributed by atoms with Gasteiger partial charge in [-0.25, -0.2) is 4.21 Å². The van der Waals surface area contributed by atoms with Gasteiger partial charge in [0.15, 0.2) is 0 Å². The summed E-state index contributed by atoms with van der Waals surface area (Å²) in [5, 5.41) is 1.28. The first-order valence-corrected chi connectivity index (χ1v) is 14.8. The Labute approximate surface area is 245 Å². The predicted molar refractivity (Wildman–Crippen MR) is 159 cm³/mol.